The van der Waals surface area contributed by atoms with Crippen LogP contribution in [0.25, 0.3) is 0 Å². The number of rotatable bonds is 2. The van der Waals surface area contributed by atoms with E-state index in [1.165, 1.54) is 11.1 Å². The van der Waals surface area contributed by atoms with Gasteiger partial charge < -0.3 is 5.32 Å². The Hall–Kier alpha value is -2.35. The summed E-state index contributed by atoms with van der Waals surface area (Å²) in [5.41, 5.74) is 4.52. The third-order valence-electron chi connectivity index (χ3n) is 5.12. The van der Waals surface area contributed by atoms with Gasteiger partial charge in [0.15, 0.2) is 5.78 Å². The van der Waals surface area contributed by atoms with Crippen molar-refractivity contribution < 1.29 is 4.79 Å². The molecular formula is C21H21NO. The highest BCUT2D eigenvalue weighted by molar-refractivity contribution is 6.02. The minimum absolute atomic E-state index is 0.137. The van der Waals surface area contributed by atoms with Crippen LogP contribution < -0.4 is 5.32 Å². The van der Waals surface area contributed by atoms with Crippen molar-refractivity contribution in [2.24, 2.45) is 5.92 Å². The topological polar surface area (TPSA) is 29.1 Å². The van der Waals surface area contributed by atoms with Crippen LogP contribution in [-0.4, -0.2) is 11.8 Å². The summed E-state index contributed by atoms with van der Waals surface area (Å²) in [6.07, 6.45) is 6.69. The summed E-state index contributed by atoms with van der Waals surface area (Å²) >= 11 is 0. The fourth-order valence-corrected chi connectivity index (χ4v) is 3.97. The number of hydrogen-bond acceptors (Lipinski definition) is 2. The van der Waals surface area contributed by atoms with Gasteiger partial charge in [-0.25, -0.2) is 0 Å². The van der Waals surface area contributed by atoms with Gasteiger partial charge in [0, 0.05) is 17.2 Å². The molecule has 2 heteroatoms. The first-order valence-corrected chi connectivity index (χ1v) is 8.37. The first-order chi connectivity index (χ1) is 11.2. The molecule has 4 rings (SSSR count). The van der Waals surface area contributed by atoms with E-state index in [9.17, 15) is 4.79 Å². The molecule has 0 saturated heterocycles. The largest absolute Gasteiger partial charge is 0.374 e. The molecule has 1 aliphatic carbocycles. The average Bonchev–Trinajstić information content (AvgIpc) is 2.61. The van der Waals surface area contributed by atoms with Crippen LogP contribution >= 0.6 is 0 Å². The van der Waals surface area contributed by atoms with Crippen molar-refractivity contribution in [3.63, 3.8) is 0 Å². The Morgan fingerprint density at radius 2 is 1.96 bits per heavy atom. The van der Waals surface area contributed by atoms with Crippen LogP contribution in [0.2, 0.25) is 0 Å². The number of carbonyl (C=O) groups is 1. The molecule has 0 saturated carbocycles. The number of anilines is 1. The van der Waals surface area contributed by atoms with Crippen LogP contribution in [0.5, 0.6) is 0 Å². The third kappa shape index (κ3) is 2.48. The quantitative estimate of drug-likeness (QED) is 0.642. The number of hydrogen-bond donors (Lipinski definition) is 1. The molecular weight excluding hydrogens is 282 g/mol. The highest BCUT2D eigenvalue weighted by atomic mass is 16.1. The highest BCUT2D eigenvalue weighted by Gasteiger charge is 2.39. The molecule has 0 bridgehead atoms. The van der Waals surface area contributed by atoms with Crippen molar-refractivity contribution >= 4 is 11.5 Å². The van der Waals surface area contributed by atoms with E-state index in [2.05, 4.69) is 42.6 Å². The Labute approximate surface area is 137 Å². The Bertz CT molecular complexity index is 763. The van der Waals surface area contributed by atoms with Crippen LogP contribution in [-0.2, 0) is 0 Å². The normalized spacial score (nSPS) is 25.2. The molecule has 0 amide bonds. The summed E-state index contributed by atoms with van der Waals surface area (Å²) in [5.74, 6) is 0.890. The van der Waals surface area contributed by atoms with Crippen molar-refractivity contribution in [2.45, 2.75) is 31.7 Å². The van der Waals surface area contributed by atoms with Crippen molar-refractivity contribution in [3.8, 4) is 0 Å². The van der Waals surface area contributed by atoms with Crippen molar-refractivity contribution in [1.82, 2.24) is 0 Å². The maximum atomic E-state index is 13.0. The van der Waals surface area contributed by atoms with Crippen molar-refractivity contribution in [1.29, 1.82) is 0 Å². The van der Waals surface area contributed by atoms with Gasteiger partial charge in [-0.15, -0.1) is 0 Å². The number of aryl methyl sites for hydroxylation is 1. The second kappa shape index (κ2) is 5.69. The second-order valence-electron chi connectivity index (χ2n) is 6.64. The van der Waals surface area contributed by atoms with E-state index >= 15 is 0 Å². The van der Waals surface area contributed by atoms with Gasteiger partial charge in [0.1, 0.15) is 0 Å². The number of fused-ring (bicyclic) bond motifs is 3. The number of ketones is 1. The summed E-state index contributed by atoms with van der Waals surface area (Å²) < 4.78 is 0. The van der Waals surface area contributed by atoms with E-state index in [0.717, 1.165) is 24.1 Å². The minimum atomic E-state index is -0.137. The monoisotopic (exact) mass is 303 g/mol. The standard InChI is InChI=1S/C21H21NO/c1-14-11-12-19-18(13-14)16-9-5-6-10-17(16)20(22-19)21(23)15-7-3-2-4-8-15/h2-5,7-9,11-13,16-17,20,22H,6,10H2,1H3. The van der Waals surface area contributed by atoms with Gasteiger partial charge in [0.25, 0.3) is 0 Å². The Kier molecular flexibility index (Phi) is 3.53. The summed E-state index contributed by atoms with van der Waals surface area (Å²) in [4.78, 5) is 13.0. The Morgan fingerprint density at radius 3 is 2.78 bits per heavy atom. The Morgan fingerprint density at radius 1 is 1.13 bits per heavy atom. The lowest BCUT2D eigenvalue weighted by atomic mass is 9.70. The molecule has 2 aromatic rings. The van der Waals surface area contributed by atoms with Crippen molar-refractivity contribution in [2.75, 3.05) is 5.32 Å². The molecule has 0 aromatic heterocycles. The number of benzene rings is 2. The van der Waals surface area contributed by atoms with E-state index in [-0.39, 0.29) is 11.8 Å². The highest BCUT2D eigenvalue weighted by Crippen LogP contribution is 2.44. The molecule has 0 spiro atoms. The van der Waals surface area contributed by atoms with E-state index < -0.39 is 0 Å². The van der Waals surface area contributed by atoms with Crippen LogP contribution in [0.1, 0.15) is 40.2 Å². The van der Waals surface area contributed by atoms with E-state index in [1.807, 2.05) is 30.3 Å². The Balaban J connectivity index is 1.76. The maximum absolute atomic E-state index is 13.0. The molecule has 3 atom stereocenters. The molecule has 3 unspecified atom stereocenters. The second-order valence-corrected chi connectivity index (χ2v) is 6.64. The van der Waals surface area contributed by atoms with Gasteiger partial charge in [0.05, 0.1) is 6.04 Å². The molecule has 2 nitrogen and oxygen atoms in total. The van der Waals surface area contributed by atoms with Crippen LogP contribution in [0, 0.1) is 12.8 Å². The van der Waals surface area contributed by atoms with Crippen LogP contribution in [0.4, 0.5) is 5.69 Å². The molecule has 1 aliphatic heterocycles. The zero-order chi connectivity index (χ0) is 15.8. The molecule has 0 radical (unpaired) electrons. The molecule has 1 heterocycles. The lowest BCUT2D eigenvalue weighted by Crippen LogP contribution is -2.44. The zero-order valence-electron chi connectivity index (χ0n) is 13.3. The van der Waals surface area contributed by atoms with Crippen LogP contribution in [0.3, 0.4) is 0 Å². The first kappa shape index (κ1) is 14.3. The number of carbonyl (C=O) groups excluding carboxylic acids is 1. The number of allylic oxidation sites excluding steroid dienone is 2. The zero-order valence-corrected chi connectivity index (χ0v) is 13.3. The molecule has 1 N–H and O–H groups in total. The lowest BCUT2D eigenvalue weighted by molar-refractivity contribution is 0.0930. The summed E-state index contributed by atoms with van der Waals surface area (Å²) in [6.45, 7) is 2.13. The fraction of sp³-hybridized carbons (Fsp3) is 0.286. The summed E-state index contributed by atoms with van der Waals surface area (Å²) in [7, 11) is 0. The molecule has 116 valence electrons. The van der Waals surface area contributed by atoms with Gasteiger partial charge in [-0.1, -0.05) is 60.2 Å². The average molecular weight is 303 g/mol. The van der Waals surface area contributed by atoms with E-state index in [0.29, 0.717) is 11.8 Å². The first-order valence-electron chi connectivity index (χ1n) is 8.37. The smallest absolute Gasteiger partial charge is 0.185 e. The SMILES string of the molecule is Cc1ccc2c(c1)C1C=CCCC1C(C(=O)c1ccccc1)N2. The minimum Gasteiger partial charge on any atom is -0.374 e. The third-order valence-corrected chi connectivity index (χ3v) is 5.12. The van der Waals surface area contributed by atoms with Gasteiger partial charge in [-0.2, -0.15) is 0 Å². The number of Topliss-reactive ketones (excluding diaryl/α,β-unsaturated/α-hetero) is 1. The van der Waals surface area contributed by atoms with E-state index in [1.54, 1.807) is 0 Å². The lowest BCUT2D eigenvalue weighted by Gasteiger charge is -2.40. The maximum Gasteiger partial charge on any atom is 0.185 e. The summed E-state index contributed by atoms with van der Waals surface area (Å²) in [6, 6.07) is 16.0. The molecule has 2 aliphatic rings. The van der Waals surface area contributed by atoms with E-state index in [4.69, 9.17) is 0 Å². The van der Waals surface area contributed by atoms with Crippen LogP contribution in [0.15, 0.2) is 60.7 Å². The van der Waals surface area contributed by atoms with Crippen molar-refractivity contribution in [3.05, 3.63) is 77.4 Å². The predicted octanol–water partition coefficient (Wildman–Crippen LogP) is 4.72. The molecule has 0 fully saturated rings. The predicted molar refractivity (Wildman–Crippen MR) is 94.0 cm³/mol. The summed E-state index contributed by atoms with van der Waals surface area (Å²) in [5, 5.41) is 3.54. The van der Waals surface area contributed by atoms with Gasteiger partial charge in [-0.3, -0.25) is 4.79 Å². The van der Waals surface area contributed by atoms with Gasteiger partial charge in [-0.05, 0) is 37.3 Å². The van der Waals surface area contributed by atoms with Gasteiger partial charge >= 0.3 is 0 Å². The van der Waals surface area contributed by atoms with Gasteiger partial charge in [0.2, 0.25) is 0 Å². The fourth-order valence-electron chi connectivity index (χ4n) is 3.97. The molecule has 23 heavy (non-hydrogen) atoms. The number of nitrogens with one attached hydrogen (secondary N) is 1. The molecule has 2 aromatic carbocycles.